The van der Waals surface area contributed by atoms with Gasteiger partial charge in [-0.25, -0.2) is 0 Å². The molecule has 0 aliphatic carbocycles. The van der Waals surface area contributed by atoms with Crippen LogP contribution in [0.3, 0.4) is 0 Å². The van der Waals surface area contributed by atoms with Crippen molar-refractivity contribution in [1.29, 1.82) is 0 Å². The Kier molecular flexibility index (Phi) is 5.30. The summed E-state index contributed by atoms with van der Waals surface area (Å²) in [7, 11) is 1.73. The summed E-state index contributed by atoms with van der Waals surface area (Å²) in [4.78, 5) is 15.2. The van der Waals surface area contributed by atoms with Crippen LogP contribution in [-0.4, -0.2) is 37.6 Å². The number of hydrogen-bond acceptors (Lipinski definition) is 3. The second-order valence-electron chi connectivity index (χ2n) is 4.86. The smallest absolute Gasteiger partial charge is 0.255 e. The molecule has 2 rings (SSSR count). The predicted molar refractivity (Wildman–Crippen MR) is 81.9 cm³/mol. The number of carbonyl (C=O) groups excluding carboxylic acids is 1. The van der Waals surface area contributed by atoms with E-state index in [0.29, 0.717) is 11.5 Å². The fourth-order valence-electron chi connectivity index (χ4n) is 2.39. The molecule has 5 heteroatoms. The van der Waals surface area contributed by atoms with Crippen LogP contribution in [0.25, 0.3) is 0 Å². The molecule has 1 amide bonds. The molecule has 0 saturated carbocycles. The minimum absolute atomic E-state index is 0.0821. The lowest BCUT2D eigenvalue weighted by atomic mass is 9.97. The van der Waals surface area contributed by atoms with E-state index in [-0.39, 0.29) is 5.91 Å². The van der Waals surface area contributed by atoms with E-state index in [4.69, 9.17) is 4.74 Å². The molecule has 1 aliphatic heterocycles. The van der Waals surface area contributed by atoms with E-state index in [1.165, 1.54) is 0 Å². The minimum atomic E-state index is 0.0821. The summed E-state index contributed by atoms with van der Waals surface area (Å²) >= 11 is 7.73. The number of rotatable bonds is 3. The third-order valence-electron chi connectivity index (χ3n) is 3.48. The summed E-state index contributed by atoms with van der Waals surface area (Å²) in [6.07, 6.45) is 2.02. The zero-order valence-corrected chi connectivity index (χ0v) is 13.4. The van der Waals surface area contributed by atoms with Crippen LogP contribution in [0.5, 0.6) is 0 Å². The van der Waals surface area contributed by atoms with Gasteiger partial charge in [0.25, 0.3) is 5.91 Å². The van der Waals surface area contributed by atoms with Crippen molar-refractivity contribution in [2.24, 2.45) is 5.92 Å². The molecule has 0 spiro atoms. The Bertz CT molecular complexity index is 459. The number of methoxy groups -OCH3 is 1. The summed E-state index contributed by atoms with van der Waals surface area (Å²) in [6.45, 7) is 2.39. The molecule has 0 unspecified atom stereocenters. The van der Waals surface area contributed by atoms with Crippen molar-refractivity contribution < 1.29 is 9.53 Å². The lowest BCUT2D eigenvalue weighted by molar-refractivity contribution is 0.0612. The van der Waals surface area contributed by atoms with Gasteiger partial charge in [-0.05, 0) is 52.9 Å². The highest BCUT2D eigenvalue weighted by atomic mass is 79.9. The number of hydrogen-bond donors (Lipinski definition) is 1. The van der Waals surface area contributed by atoms with Crippen molar-refractivity contribution in [2.75, 3.05) is 26.8 Å². The molecule has 0 aromatic heterocycles. The highest BCUT2D eigenvalue weighted by molar-refractivity contribution is 9.10. The molecule has 0 atom stereocenters. The summed E-state index contributed by atoms with van der Waals surface area (Å²) in [5, 5.41) is 0. The van der Waals surface area contributed by atoms with Crippen molar-refractivity contribution in [3.8, 4) is 0 Å². The SMILES string of the molecule is COCC1CCN(C(=O)c2cc(S)ccc2Br)CC1. The van der Waals surface area contributed by atoms with E-state index < -0.39 is 0 Å². The first-order valence-corrected chi connectivity index (χ1v) is 7.62. The van der Waals surface area contributed by atoms with E-state index in [2.05, 4.69) is 28.6 Å². The van der Waals surface area contributed by atoms with Gasteiger partial charge in [0.05, 0.1) is 5.56 Å². The first-order valence-electron chi connectivity index (χ1n) is 6.38. The van der Waals surface area contributed by atoms with Gasteiger partial charge < -0.3 is 9.64 Å². The molecule has 1 fully saturated rings. The molecule has 19 heavy (non-hydrogen) atoms. The van der Waals surface area contributed by atoms with Crippen LogP contribution in [0.2, 0.25) is 0 Å². The molecule has 0 bridgehead atoms. The van der Waals surface area contributed by atoms with Gasteiger partial charge in [-0.2, -0.15) is 0 Å². The molecule has 3 nitrogen and oxygen atoms in total. The standard InChI is InChI=1S/C14H18BrNO2S/c1-18-9-10-4-6-16(7-5-10)14(17)12-8-11(19)2-3-13(12)15/h2-3,8,10,19H,4-7,9H2,1H3. The van der Waals surface area contributed by atoms with E-state index in [0.717, 1.165) is 41.9 Å². The van der Waals surface area contributed by atoms with Crippen molar-refractivity contribution >= 4 is 34.5 Å². The highest BCUT2D eigenvalue weighted by Crippen LogP contribution is 2.24. The zero-order valence-electron chi connectivity index (χ0n) is 10.9. The Morgan fingerprint density at radius 3 is 2.79 bits per heavy atom. The predicted octanol–water partition coefficient (Wildman–Crippen LogP) is 3.24. The maximum Gasteiger partial charge on any atom is 0.255 e. The summed E-state index contributed by atoms with van der Waals surface area (Å²) in [5.41, 5.74) is 0.692. The van der Waals surface area contributed by atoms with Crippen molar-refractivity contribution in [1.82, 2.24) is 4.90 Å². The normalized spacial score (nSPS) is 16.7. The maximum atomic E-state index is 12.5. The number of carbonyl (C=O) groups is 1. The molecule has 0 radical (unpaired) electrons. The number of amides is 1. The van der Waals surface area contributed by atoms with Crippen LogP contribution in [0.1, 0.15) is 23.2 Å². The van der Waals surface area contributed by atoms with Gasteiger partial charge in [0, 0.05) is 36.2 Å². The van der Waals surface area contributed by atoms with Gasteiger partial charge in [0.15, 0.2) is 0 Å². The van der Waals surface area contributed by atoms with Gasteiger partial charge >= 0.3 is 0 Å². The number of piperidine rings is 1. The average molecular weight is 344 g/mol. The number of ether oxygens (including phenoxy) is 1. The highest BCUT2D eigenvalue weighted by Gasteiger charge is 2.24. The van der Waals surface area contributed by atoms with Gasteiger partial charge in [0.1, 0.15) is 0 Å². The first kappa shape index (κ1) is 14.9. The largest absolute Gasteiger partial charge is 0.384 e. The zero-order chi connectivity index (χ0) is 13.8. The fraction of sp³-hybridized carbons (Fsp3) is 0.500. The van der Waals surface area contributed by atoms with Crippen LogP contribution in [-0.2, 0) is 4.74 Å². The number of benzene rings is 1. The molecule has 104 valence electrons. The van der Waals surface area contributed by atoms with E-state index >= 15 is 0 Å². The second kappa shape index (κ2) is 6.77. The van der Waals surface area contributed by atoms with Crippen LogP contribution < -0.4 is 0 Å². The summed E-state index contributed by atoms with van der Waals surface area (Å²) < 4.78 is 6.00. The number of thiol groups is 1. The van der Waals surface area contributed by atoms with Crippen molar-refractivity contribution in [3.05, 3.63) is 28.2 Å². The van der Waals surface area contributed by atoms with Crippen molar-refractivity contribution in [3.63, 3.8) is 0 Å². The fourth-order valence-corrected chi connectivity index (χ4v) is 3.01. The molecular weight excluding hydrogens is 326 g/mol. The third-order valence-corrected chi connectivity index (χ3v) is 4.45. The molecule has 1 aromatic rings. The van der Waals surface area contributed by atoms with Crippen LogP contribution >= 0.6 is 28.6 Å². The van der Waals surface area contributed by atoms with Gasteiger partial charge in [-0.15, -0.1) is 12.6 Å². The van der Waals surface area contributed by atoms with E-state index in [1.807, 2.05) is 23.1 Å². The van der Waals surface area contributed by atoms with Crippen molar-refractivity contribution in [2.45, 2.75) is 17.7 Å². The number of nitrogens with zero attached hydrogens (tertiary/aromatic N) is 1. The summed E-state index contributed by atoms with van der Waals surface area (Å²) in [6, 6.07) is 5.55. The quantitative estimate of drug-likeness (QED) is 0.853. The number of halogens is 1. The average Bonchev–Trinajstić information content (AvgIpc) is 2.42. The Balaban J connectivity index is 2.03. The maximum absolute atomic E-state index is 12.5. The van der Waals surface area contributed by atoms with Crippen LogP contribution in [0.15, 0.2) is 27.6 Å². The first-order chi connectivity index (χ1) is 9.11. The Morgan fingerprint density at radius 1 is 1.47 bits per heavy atom. The molecule has 1 heterocycles. The summed E-state index contributed by atoms with van der Waals surface area (Å²) in [5.74, 6) is 0.660. The van der Waals surface area contributed by atoms with Crippen LogP contribution in [0.4, 0.5) is 0 Å². The molecular formula is C14H18BrNO2S. The van der Waals surface area contributed by atoms with Gasteiger partial charge in [-0.1, -0.05) is 0 Å². The Labute approximate surface area is 127 Å². The van der Waals surface area contributed by atoms with E-state index in [1.54, 1.807) is 7.11 Å². The second-order valence-corrected chi connectivity index (χ2v) is 6.23. The monoisotopic (exact) mass is 343 g/mol. The molecule has 1 aliphatic rings. The van der Waals surface area contributed by atoms with Gasteiger partial charge in [0.2, 0.25) is 0 Å². The lowest BCUT2D eigenvalue weighted by Crippen LogP contribution is -2.39. The third kappa shape index (κ3) is 3.74. The molecule has 1 saturated heterocycles. The Hall–Kier alpha value is -0.520. The Morgan fingerprint density at radius 2 is 2.16 bits per heavy atom. The molecule has 1 aromatic carbocycles. The van der Waals surface area contributed by atoms with Crippen LogP contribution in [0, 0.1) is 5.92 Å². The van der Waals surface area contributed by atoms with E-state index in [9.17, 15) is 4.79 Å². The number of likely N-dealkylation sites (tertiary alicyclic amines) is 1. The topological polar surface area (TPSA) is 29.5 Å². The lowest BCUT2D eigenvalue weighted by Gasteiger charge is -2.32. The minimum Gasteiger partial charge on any atom is -0.384 e. The van der Waals surface area contributed by atoms with Gasteiger partial charge in [-0.3, -0.25) is 4.79 Å². The molecule has 0 N–H and O–H groups in total.